The lowest BCUT2D eigenvalue weighted by molar-refractivity contribution is -0.231. The van der Waals surface area contributed by atoms with Crippen molar-refractivity contribution in [2.75, 3.05) is 20.2 Å². The van der Waals surface area contributed by atoms with Gasteiger partial charge in [-0.2, -0.15) is 5.06 Å². The third kappa shape index (κ3) is 6.77. The highest BCUT2D eigenvalue weighted by Crippen LogP contribution is 2.15. The number of esters is 1. The Morgan fingerprint density at radius 2 is 2.10 bits per heavy atom. The van der Waals surface area contributed by atoms with E-state index < -0.39 is 17.8 Å². The minimum atomic E-state index is -0.558. The predicted molar refractivity (Wildman–Crippen MR) is 76.5 cm³/mol. The average molecular weight is 302 g/mol. The van der Waals surface area contributed by atoms with E-state index in [0.29, 0.717) is 19.5 Å². The van der Waals surface area contributed by atoms with Crippen molar-refractivity contribution in [2.45, 2.75) is 58.3 Å². The van der Waals surface area contributed by atoms with E-state index in [2.05, 4.69) is 10.1 Å². The topological polar surface area (TPSA) is 77.1 Å². The second-order valence-corrected chi connectivity index (χ2v) is 6.19. The zero-order chi connectivity index (χ0) is 16.0. The van der Waals surface area contributed by atoms with Gasteiger partial charge < -0.3 is 14.8 Å². The molecule has 2 atom stereocenters. The third-order valence-electron chi connectivity index (χ3n) is 2.85. The normalized spacial score (nSPS) is 21.5. The van der Waals surface area contributed by atoms with Gasteiger partial charge in [0.15, 0.2) is 6.10 Å². The zero-order valence-electron chi connectivity index (χ0n) is 13.5. The molecular weight excluding hydrogens is 276 g/mol. The number of nitrogens with one attached hydrogen (secondary N) is 1. The SMILES string of the molecule is COC(=O)C1CCCN(C[C@H](C)NC(=O)OC(C)(C)C)O1. The van der Waals surface area contributed by atoms with Gasteiger partial charge in [-0.1, -0.05) is 0 Å². The van der Waals surface area contributed by atoms with Gasteiger partial charge in [0.25, 0.3) is 0 Å². The highest BCUT2D eigenvalue weighted by molar-refractivity contribution is 5.74. The Hall–Kier alpha value is -1.34. The molecule has 1 amide bonds. The maximum Gasteiger partial charge on any atom is 0.407 e. The number of hydrogen-bond acceptors (Lipinski definition) is 6. The zero-order valence-corrected chi connectivity index (χ0v) is 13.5. The molecule has 0 bridgehead atoms. The molecule has 1 aliphatic rings. The highest BCUT2D eigenvalue weighted by atomic mass is 16.7. The van der Waals surface area contributed by atoms with E-state index in [-0.39, 0.29) is 12.0 Å². The summed E-state index contributed by atoms with van der Waals surface area (Å²) in [4.78, 5) is 28.7. The number of hydroxylamine groups is 2. The number of nitrogens with zero attached hydrogens (tertiary/aromatic N) is 1. The minimum absolute atomic E-state index is 0.156. The van der Waals surface area contributed by atoms with E-state index in [4.69, 9.17) is 9.57 Å². The maximum absolute atomic E-state index is 11.7. The van der Waals surface area contributed by atoms with Crippen molar-refractivity contribution in [1.29, 1.82) is 0 Å². The summed E-state index contributed by atoms with van der Waals surface area (Å²) in [6.07, 6.45) is 0.477. The molecule has 7 nitrogen and oxygen atoms in total. The van der Waals surface area contributed by atoms with Crippen molar-refractivity contribution in [3.05, 3.63) is 0 Å². The van der Waals surface area contributed by atoms with Crippen LogP contribution in [0.2, 0.25) is 0 Å². The molecule has 0 saturated carbocycles. The number of alkyl carbamates (subject to hydrolysis) is 1. The highest BCUT2D eigenvalue weighted by Gasteiger charge is 2.28. The Bertz CT molecular complexity index is 367. The molecule has 1 rings (SSSR count). The number of rotatable bonds is 4. The number of amides is 1. The van der Waals surface area contributed by atoms with Crippen LogP contribution in [-0.4, -0.2) is 55.1 Å². The fourth-order valence-corrected chi connectivity index (χ4v) is 2.02. The quantitative estimate of drug-likeness (QED) is 0.792. The predicted octanol–water partition coefficient (Wildman–Crippen LogP) is 1.47. The summed E-state index contributed by atoms with van der Waals surface area (Å²) in [5.74, 6) is -0.368. The van der Waals surface area contributed by atoms with E-state index in [1.54, 1.807) is 5.06 Å². The Labute approximate surface area is 125 Å². The second-order valence-electron chi connectivity index (χ2n) is 6.19. The van der Waals surface area contributed by atoms with Crippen LogP contribution in [0.15, 0.2) is 0 Å². The van der Waals surface area contributed by atoms with E-state index in [0.717, 1.165) is 6.42 Å². The van der Waals surface area contributed by atoms with Gasteiger partial charge in [0.05, 0.1) is 7.11 Å². The molecule has 1 aliphatic heterocycles. The molecule has 0 spiro atoms. The van der Waals surface area contributed by atoms with E-state index in [9.17, 15) is 9.59 Å². The molecule has 1 heterocycles. The lowest BCUT2D eigenvalue weighted by Crippen LogP contribution is -2.48. The maximum atomic E-state index is 11.7. The first kappa shape index (κ1) is 17.7. The largest absolute Gasteiger partial charge is 0.467 e. The number of hydrogen-bond donors (Lipinski definition) is 1. The van der Waals surface area contributed by atoms with Crippen molar-refractivity contribution in [2.24, 2.45) is 0 Å². The molecule has 1 saturated heterocycles. The van der Waals surface area contributed by atoms with Crippen molar-refractivity contribution < 1.29 is 23.9 Å². The lowest BCUT2D eigenvalue weighted by atomic mass is 10.1. The molecule has 0 aliphatic carbocycles. The lowest BCUT2D eigenvalue weighted by Gasteiger charge is -2.32. The van der Waals surface area contributed by atoms with Gasteiger partial charge in [-0.15, -0.1) is 0 Å². The summed E-state index contributed by atoms with van der Waals surface area (Å²) in [5, 5.41) is 4.43. The van der Waals surface area contributed by atoms with Gasteiger partial charge in [-0.25, -0.2) is 9.59 Å². The van der Waals surface area contributed by atoms with Crippen LogP contribution in [0.3, 0.4) is 0 Å². The first-order valence-corrected chi connectivity index (χ1v) is 7.20. The van der Waals surface area contributed by atoms with Gasteiger partial charge in [0, 0.05) is 19.1 Å². The number of methoxy groups -OCH3 is 1. The van der Waals surface area contributed by atoms with Crippen LogP contribution >= 0.6 is 0 Å². The van der Waals surface area contributed by atoms with Crippen molar-refractivity contribution in [1.82, 2.24) is 10.4 Å². The first-order valence-electron chi connectivity index (χ1n) is 7.20. The number of carbonyl (C=O) groups is 2. The Balaban J connectivity index is 2.38. The van der Waals surface area contributed by atoms with Crippen LogP contribution in [-0.2, 0) is 19.1 Å². The molecule has 7 heteroatoms. The van der Waals surface area contributed by atoms with E-state index >= 15 is 0 Å². The first-order chi connectivity index (χ1) is 9.71. The van der Waals surface area contributed by atoms with Gasteiger partial charge in [-0.05, 0) is 40.5 Å². The standard InChI is InChI=1S/C14H26N2O5/c1-10(15-13(18)20-14(2,3)4)9-16-8-6-7-11(21-16)12(17)19-5/h10-11H,6-9H2,1-5H3,(H,15,18)/t10-,11?/m0/s1. The van der Waals surface area contributed by atoms with Gasteiger partial charge in [0.2, 0.25) is 0 Å². The van der Waals surface area contributed by atoms with Crippen molar-refractivity contribution >= 4 is 12.1 Å². The molecule has 0 radical (unpaired) electrons. The summed E-state index contributed by atoms with van der Waals surface area (Å²) in [6, 6.07) is -0.156. The summed E-state index contributed by atoms with van der Waals surface area (Å²) in [5.41, 5.74) is -0.526. The van der Waals surface area contributed by atoms with Crippen LogP contribution in [0.4, 0.5) is 4.79 Å². The van der Waals surface area contributed by atoms with Crippen molar-refractivity contribution in [3.63, 3.8) is 0 Å². The Kier molecular flexibility index (Phi) is 6.42. The fourth-order valence-electron chi connectivity index (χ4n) is 2.02. The summed E-state index contributed by atoms with van der Waals surface area (Å²) >= 11 is 0. The molecule has 0 aromatic carbocycles. The van der Waals surface area contributed by atoms with Gasteiger partial charge in [0.1, 0.15) is 5.60 Å². The van der Waals surface area contributed by atoms with E-state index in [1.165, 1.54) is 7.11 Å². The molecule has 1 fully saturated rings. The van der Waals surface area contributed by atoms with Crippen LogP contribution in [0, 0.1) is 0 Å². The van der Waals surface area contributed by atoms with Gasteiger partial charge in [-0.3, -0.25) is 4.84 Å². The molecular formula is C14H26N2O5. The molecule has 21 heavy (non-hydrogen) atoms. The molecule has 0 aromatic heterocycles. The fraction of sp³-hybridized carbons (Fsp3) is 0.857. The van der Waals surface area contributed by atoms with Crippen molar-refractivity contribution in [3.8, 4) is 0 Å². The van der Waals surface area contributed by atoms with Crippen LogP contribution in [0.1, 0.15) is 40.5 Å². The molecule has 1 N–H and O–H groups in total. The van der Waals surface area contributed by atoms with Crippen LogP contribution in [0.25, 0.3) is 0 Å². The third-order valence-corrected chi connectivity index (χ3v) is 2.85. The molecule has 122 valence electrons. The Morgan fingerprint density at radius 3 is 2.67 bits per heavy atom. The van der Waals surface area contributed by atoms with E-state index in [1.807, 2.05) is 27.7 Å². The summed E-state index contributed by atoms with van der Waals surface area (Å²) < 4.78 is 9.87. The average Bonchev–Trinajstić information content (AvgIpc) is 2.35. The van der Waals surface area contributed by atoms with Gasteiger partial charge >= 0.3 is 12.1 Å². The second kappa shape index (κ2) is 7.61. The smallest absolute Gasteiger partial charge is 0.407 e. The molecule has 1 unspecified atom stereocenters. The Morgan fingerprint density at radius 1 is 1.43 bits per heavy atom. The minimum Gasteiger partial charge on any atom is -0.467 e. The van der Waals surface area contributed by atoms with Crippen LogP contribution < -0.4 is 5.32 Å². The number of ether oxygens (including phenoxy) is 2. The summed E-state index contributed by atoms with van der Waals surface area (Å²) in [7, 11) is 1.34. The number of carbonyl (C=O) groups excluding carboxylic acids is 2. The van der Waals surface area contributed by atoms with Crippen LogP contribution in [0.5, 0.6) is 0 Å². The molecule has 0 aromatic rings. The summed E-state index contributed by atoms with van der Waals surface area (Å²) in [6.45, 7) is 8.49. The monoisotopic (exact) mass is 302 g/mol.